The molecule has 0 atom stereocenters. The van der Waals surface area contributed by atoms with Gasteiger partial charge in [0.15, 0.2) is 5.96 Å². The predicted molar refractivity (Wildman–Crippen MR) is 112 cm³/mol. The van der Waals surface area contributed by atoms with Crippen molar-refractivity contribution in [1.82, 2.24) is 15.6 Å². The van der Waals surface area contributed by atoms with E-state index in [0.29, 0.717) is 18.1 Å². The molecule has 2 aromatic carbocycles. The normalized spacial score (nSPS) is 11.9. The zero-order valence-electron chi connectivity index (χ0n) is 14.6. The summed E-state index contributed by atoms with van der Waals surface area (Å²) in [5, 5.41) is 7.29. The molecule has 0 aliphatic rings. The number of aliphatic imine (C=N–C) groups is 1. The Morgan fingerprint density at radius 2 is 1.74 bits per heavy atom. The highest BCUT2D eigenvalue weighted by atomic mass is 127. The first kappa shape index (κ1) is 21.1. The number of para-hydroxylation sites is 1. The van der Waals surface area contributed by atoms with Gasteiger partial charge in [0.05, 0.1) is 12.1 Å². The number of fused-ring (bicyclic) bond motifs is 1. The minimum atomic E-state index is -4.34. The maximum atomic E-state index is 12.8. The molecule has 0 spiro atoms. The van der Waals surface area contributed by atoms with Crippen LogP contribution in [-0.2, 0) is 19.3 Å². The monoisotopic (exact) mass is 488 g/mol. The van der Waals surface area contributed by atoms with Crippen molar-refractivity contribution in [2.24, 2.45) is 4.99 Å². The Kier molecular flexibility index (Phi) is 7.11. The lowest BCUT2D eigenvalue weighted by molar-refractivity contribution is -0.137. The molecule has 3 aromatic rings. The maximum absolute atomic E-state index is 12.8. The lowest BCUT2D eigenvalue weighted by atomic mass is 10.1. The number of hydrogen-bond acceptors (Lipinski definition) is 1. The van der Waals surface area contributed by atoms with Crippen molar-refractivity contribution < 1.29 is 13.2 Å². The van der Waals surface area contributed by atoms with Crippen LogP contribution >= 0.6 is 24.0 Å². The zero-order valence-corrected chi connectivity index (χ0v) is 16.9. The van der Waals surface area contributed by atoms with E-state index in [1.54, 1.807) is 13.1 Å². The third kappa shape index (κ3) is 5.62. The first-order chi connectivity index (χ1) is 12.5. The van der Waals surface area contributed by atoms with Crippen LogP contribution in [0, 0.1) is 0 Å². The van der Waals surface area contributed by atoms with Gasteiger partial charge in [-0.2, -0.15) is 13.2 Å². The van der Waals surface area contributed by atoms with Crippen LogP contribution in [0.1, 0.15) is 16.8 Å². The third-order valence-electron chi connectivity index (χ3n) is 3.97. The maximum Gasteiger partial charge on any atom is 0.416 e. The molecule has 0 saturated carbocycles. The van der Waals surface area contributed by atoms with Crippen molar-refractivity contribution in [3.05, 3.63) is 71.4 Å². The molecule has 0 fully saturated rings. The number of alkyl halides is 3. The van der Waals surface area contributed by atoms with Gasteiger partial charge in [-0.05, 0) is 35.2 Å². The Morgan fingerprint density at radius 1 is 1.00 bits per heavy atom. The molecule has 1 aromatic heterocycles. The lowest BCUT2D eigenvalue weighted by Crippen LogP contribution is -2.36. The Labute approximate surface area is 172 Å². The molecule has 8 heteroatoms. The molecule has 3 N–H and O–H groups in total. The number of H-pyrrole nitrogens is 1. The van der Waals surface area contributed by atoms with E-state index in [1.807, 2.05) is 30.3 Å². The summed E-state index contributed by atoms with van der Waals surface area (Å²) in [6.45, 7) is 0.771. The molecule has 0 bridgehead atoms. The number of benzene rings is 2. The van der Waals surface area contributed by atoms with Crippen LogP contribution < -0.4 is 10.6 Å². The molecule has 3 rings (SSSR count). The van der Waals surface area contributed by atoms with Gasteiger partial charge in [-0.25, -0.2) is 0 Å². The second kappa shape index (κ2) is 9.12. The summed E-state index contributed by atoms with van der Waals surface area (Å²) < 4.78 is 38.3. The number of nitrogens with zero attached hydrogens (tertiary/aromatic N) is 1. The number of nitrogens with one attached hydrogen (secondary N) is 3. The number of hydrogen-bond donors (Lipinski definition) is 3. The van der Waals surface area contributed by atoms with Crippen molar-refractivity contribution in [3.8, 4) is 0 Å². The van der Waals surface area contributed by atoms with Crippen molar-refractivity contribution in [3.63, 3.8) is 0 Å². The van der Waals surface area contributed by atoms with Crippen molar-refractivity contribution in [2.75, 3.05) is 7.05 Å². The van der Waals surface area contributed by atoms with Crippen LogP contribution in [0.25, 0.3) is 10.9 Å². The van der Waals surface area contributed by atoms with Gasteiger partial charge in [-0.1, -0.05) is 30.3 Å². The lowest BCUT2D eigenvalue weighted by Gasteiger charge is -2.13. The van der Waals surface area contributed by atoms with E-state index in [1.165, 1.54) is 6.07 Å². The Bertz CT molecular complexity index is 885. The highest BCUT2D eigenvalue weighted by Gasteiger charge is 2.30. The van der Waals surface area contributed by atoms with Gasteiger partial charge >= 0.3 is 6.18 Å². The van der Waals surface area contributed by atoms with Crippen LogP contribution in [-0.4, -0.2) is 18.0 Å². The second-order valence-electron chi connectivity index (χ2n) is 5.86. The number of rotatable bonds is 4. The predicted octanol–water partition coefficient (Wildman–Crippen LogP) is 4.67. The first-order valence-electron chi connectivity index (χ1n) is 8.13. The van der Waals surface area contributed by atoms with E-state index >= 15 is 0 Å². The highest BCUT2D eigenvalue weighted by molar-refractivity contribution is 14.0. The smallest absolute Gasteiger partial charge is 0.357 e. The molecule has 0 saturated heterocycles. The van der Waals surface area contributed by atoms with Gasteiger partial charge in [0, 0.05) is 24.8 Å². The average Bonchev–Trinajstić information content (AvgIpc) is 3.04. The summed E-state index contributed by atoms with van der Waals surface area (Å²) in [4.78, 5) is 7.40. The second-order valence-corrected chi connectivity index (χ2v) is 5.86. The quantitative estimate of drug-likeness (QED) is 0.284. The van der Waals surface area contributed by atoms with Gasteiger partial charge in [-0.3, -0.25) is 4.99 Å². The Morgan fingerprint density at radius 3 is 2.44 bits per heavy atom. The average molecular weight is 488 g/mol. The molecule has 1 heterocycles. The summed E-state index contributed by atoms with van der Waals surface area (Å²) in [5.41, 5.74) is 1.93. The van der Waals surface area contributed by atoms with Crippen molar-refractivity contribution in [2.45, 2.75) is 19.3 Å². The molecule has 144 valence electrons. The van der Waals surface area contributed by atoms with E-state index < -0.39 is 11.7 Å². The molecular formula is C19H20F3IN4. The fourth-order valence-electron chi connectivity index (χ4n) is 2.67. The molecule has 0 radical (unpaired) electrons. The number of aromatic amines is 1. The Balaban J connectivity index is 0.00000261. The summed E-state index contributed by atoms with van der Waals surface area (Å²) in [5.74, 6) is 0.515. The summed E-state index contributed by atoms with van der Waals surface area (Å²) in [6, 6.07) is 15.3. The fourth-order valence-corrected chi connectivity index (χ4v) is 2.67. The van der Waals surface area contributed by atoms with E-state index in [2.05, 4.69) is 20.6 Å². The van der Waals surface area contributed by atoms with E-state index in [0.717, 1.165) is 28.7 Å². The highest BCUT2D eigenvalue weighted by Crippen LogP contribution is 2.29. The first-order valence-corrected chi connectivity index (χ1v) is 8.13. The minimum absolute atomic E-state index is 0. The molecule has 27 heavy (non-hydrogen) atoms. The van der Waals surface area contributed by atoms with Crippen LogP contribution in [0.4, 0.5) is 13.2 Å². The Hall–Kier alpha value is -2.23. The molecular weight excluding hydrogens is 468 g/mol. The van der Waals surface area contributed by atoms with Gasteiger partial charge in [0.25, 0.3) is 0 Å². The molecule has 0 unspecified atom stereocenters. The van der Waals surface area contributed by atoms with Crippen LogP contribution in [0.2, 0.25) is 0 Å². The largest absolute Gasteiger partial charge is 0.416 e. The molecule has 0 aliphatic carbocycles. The van der Waals surface area contributed by atoms with Crippen molar-refractivity contribution >= 4 is 40.8 Å². The van der Waals surface area contributed by atoms with E-state index in [9.17, 15) is 13.2 Å². The molecule has 0 amide bonds. The molecule has 4 nitrogen and oxygen atoms in total. The van der Waals surface area contributed by atoms with E-state index in [4.69, 9.17) is 0 Å². The SMILES string of the molecule is CN=C(NCc1cccc(C(F)(F)F)c1)NCc1cc2ccccc2[nH]1.I. The van der Waals surface area contributed by atoms with Gasteiger partial charge in [0.1, 0.15) is 0 Å². The van der Waals surface area contributed by atoms with E-state index in [-0.39, 0.29) is 30.5 Å². The topological polar surface area (TPSA) is 52.2 Å². The number of halogens is 4. The summed E-state index contributed by atoms with van der Waals surface area (Å²) >= 11 is 0. The minimum Gasteiger partial charge on any atom is -0.357 e. The van der Waals surface area contributed by atoms with Gasteiger partial charge in [-0.15, -0.1) is 24.0 Å². The van der Waals surface area contributed by atoms with Gasteiger partial charge in [0.2, 0.25) is 0 Å². The third-order valence-corrected chi connectivity index (χ3v) is 3.97. The number of guanidine groups is 1. The zero-order chi connectivity index (χ0) is 18.6. The number of aromatic nitrogens is 1. The summed E-state index contributed by atoms with van der Waals surface area (Å²) in [7, 11) is 1.62. The van der Waals surface area contributed by atoms with Crippen LogP contribution in [0.15, 0.2) is 59.6 Å². The summed E-state index contributed by atoms with van der Waals surface area (Å²) in [6.07, 6.45) is -4.34. The molecule has 0 aliphatic heterocycles. The van der Waals surface area contributed by atoms with Crippen LogP contribution in [0.5, 0.6) is 0 Å². The van der Waals surface area contributed by atoms with Crippen molar-refractivity contribution in [1.29, 1.82) is 0 Å². The van der Waals surface area contributed by atoms with Gasteiger partial charge < -0.3 is 15.6 Å². The fraction of sp³-hybridized carbons (Fsp3) is 0.211. The standard InChI is InChI=1S/C19H19F3N4.HI/c1-23-18(24-11-13-5-4-7-15(9-13)19(20,21)22)25-12-16-10-14-6-2-3-8-17(14)26-16;/h2-10,26H,11-12H2,1H3,(H2,23,24,25);1H. The van der Waals surface area contributed by atoms with Crippen LogP contribution in [0.3, 0.4) is 0 Å².